The van der Waals surface area contributed by atoms with Gasteiger partial charge in [-0.15, -0.1) is 0 Å². The molecule has 0 saturated heterocycles. The van der Waals surface area contributed by atoms with Crippen LogP contribution in [0.15, 0.2) is 54.4 Å². The summed E-state index contributed by atoms with van der Waals surface area (Å²) in [5.41, 5.74) is 6.56. The molecule has 0 aliphatic carbocycles. The summed E-state index contributed by atoms with van der Waals surface area (Å²) >= 11 is 0. The van der Waals surface area contributed by atoms with E-state index in [0.29, 0.717) is 23.1 Å². The molecule has 20 heavy (non-hydrogen) atoms. The highest BCUT2D eigenvalue weighted by Gasteiger charge is 2.17. The lowest BCUT2D eigenvalue weighted by molar-refractivity contribution is 0.217. The van der Waals surface area contributed by atoms with Crippen LogP contribution in [-0.2, 0) is 6.42 Å². The van der Waals surface area contributed by atoms with E-state index in [1.54, 1.807) is 19.1 Å². The minimum Gasteiger partial charge on any atom is -0.384 e. The van der Waals surface area contributed by atoms with Gasteiger partial charge >= 0.3 is 0 Å². The zero-order valence-electron chi connectivity index (χ0n) is 11.4. The van der Waals surface area contributed by atoms with Crippen LogP contribution in [0, 0.1) is 5.82 Å². The zero-order valence-corrected chi connectivity index (χ0v) is 11.4. The Balaban J connectivity index is 3.23. The van der Waals surface area contributed by atoms with E-state index in [9.17, 15) is 13.9 Å². The van der Waals surface area contributed by atoms with Crippen LogP contribution in [0.1, 0.15) is 24.2 Å². The van der Waals surface area contributed by atoms with Crippen molar-refractivity contribution in [3.63, 3.8) is 0 Å². The predicted molar refractivity (Wildman–Crippen MR) is 77.3 cm³/mol. The van der Waals surface area contributed by atoms with Gasteiger partial charge in [-0.1, -0.05) is 24.8 Å². The van der Waals surface area contributed by atoms with Crippen LogP contribution in [0.2, 0.25) is 0 Å². The van der Waals surface area contributed by atoms with Crippen molar-refractivity contribution in [1.82, 2.24) is 0 Å². The standard InChI is InChI=1S/C16H19F2NO/c1-3-11(10-12(17)4-2)16(20)14-6-5-7-15(18)13(14)8-9-19/h3-7,10,16,20H,2,8-9,19H2,1H3/b11-3+,12-10+. The molecule has 0 saturated carbocycles. The molecule has 0 amide bonds. The van der Waals surface area contributed by atoms with Gasteiger partial charge in [-0.2, -0.15) is 0 Å². The van der Waals surface area contributed by atoms with Gasteiger partial charge < -0.3 is 10.8 Å². The third-order valence-electron chi connectivity index (χ3n) is 2.99. The Bertz CT molecular complexity index is 535. The fraction of sp³-hybridized carbons (Fsp3) is 0.250. The molecule has 1 aromatic carbocycles. The van der Waals surface area contributed by atoms with Gasteiger partial charge in [0.25, 0.3) is 0 Å². The van der Waals surface area contributed by atoms with Crippen molar-refractivity contribution in [2.24, 2.45) is 5.73 Å². The number of hydrogen-bond acceptors (Lipinski definition) is 2. The van der Waals surface area contributed by atoms with E-state index in [1.807, 2.05) is 0 Å². The van der Waals surface area contributed by atoms with Gasteiger partial charge in [0.2, 0.25) is 0 Å². The second kappa shape index (κ2) is 7.72. The van der Waals surface area contributed by atoms with Crippen LogP contribution >= 0.6 is 0 Å². The number of aliphatic hydroxyl groups excluding tert-OH is 1. The highest BCUT2D eigenvalue weighted by Crippen LogP contribution is 2.28. The lowest BCUT2D eigenvalue weighted by Gasteiger charge is -2.17. The lowest BCUT2D eigenvalue weighted by Crippen LogP contribution is -2.11. The van der Waals surface area contributed by atoms with Gasteiger partial charge in [-0.05, 0) is 54.8 Å². The van der Waals surface area contributed by atoms with E-state index in [4.69, 9.17) is 5.73 Å². The normalized spacial score (nSPS) is 14.2. The Morgan fingerprint density at radius 1 is 1.50 bits per heavy atom. The van der Waals surface area contributed by atoms with Crippen LogP contribution in [0.5, 0.6) is 0 Å². The van der Waals surface area contributed by atoms with Crippen LogP contribution < -0.4 is 5.73 Å². The van der Waals surface area contributed by atoms with Gasteiger partial charge in [-0.3, -0.25) is 0 Å². The summed E-state index contributed by atoms with van der Waals surface area (Å²) in [6.45, 7) is 5.25. The first kappa shape index (κ1) is 16.3. The zero-order chi connectivity index (χ0) is 15.1. The first-order chi connectivity index (χ1) is 9.54. The quantitative estimate of drug-likeness (QED) is 0.784. The Morgan fingerprint density at radius 3 is 2.75 bits per heavy atom. The molecule has 1 atom stereocenters. The number of nitrogens with two attached hydrogens (primary N) is 1. The third-order valence-corrected chi connectivity index (χ3v) is 2.99. The van der Waals surface area contributed by atoms with Gasteiger partial charge in [-0.25, -0.2) is 8.78 Å². The van der Waals surface area contributed by atoms with Gasteiger partial charge in [0.15, 0.2) is 0 Å². The molecule has 108 valence electrons. The molecule has 0 heterocycles. The molecule has 0 aromatic heterocycles. The number of halogens is 2. The Morgan fingerprint density at radius 2 is 2.20 bits per heavy atom. The number of rotatable bonds is 6. The maximum Gasteiger partial charge on any atom is 0.126 e. The summed E-state index contributed by atoms with van der Waals surface area (Å²) in [7, 11) is 0. The number of aliphatic hydroxyl groups is 1. The van der Waals surface area contributed by atoms with Crippen molar-refractivity contribution in [2.45, 2.75) is 19.4 Å². The van der Waals surface area contributed by atoms with Crippen molar-refractivity contribution < 1.29 is 13.9 Å². The third kappa shape index (κ3) is 3.85. The van der Waals surface area contributed by atoms with Crippen molar-refractivity contribution in [2.75, 3.05) is 6.54 Å². The van der Waals surface area contributed by atoms with Crippen molar-refractivity contribution >= 4 is 0 Å². The van der Waals surface area contributed by atoms with E-state index in [-0.39, 0.29) is 6.54 Å². The van der Waals surface area contributed by atoms with Crippen molar-refractivity contribution in [3.05, 3.63) is 71.4 Å². The monoisotopic (exact) mass is 279 g/mol. The molecule has 0 aliphatic rings. The molecule has 2 nitrogen and oxygen atoms in total. The van der Waals surface area contributed by atoms with Gasteiger partial charge in [0.05, 0.1) is 0 Å². The molecular formula is C16H19F2NO. The fourth-order valence-electron chi connectivity index (χ4n) is 1.96. The van der Waals surface area contributed by atoms with Crippen LogP contribution in [0.4, 0.5) is 8.78 Å². The second-order valence-electron chi connectivity index (χ2n) is 4.27. The maximum atomic E-state index is 13.8. The van der Waals surface area contributed by atoms with Gasteiger partial charge in [0.1, 0.15) is 17.7 Å². The molecule has 0 aliphatic heterocycles. The molecule has 0 radical (unpaired) electrons. The minimum absolute atomic E-state index is 0.267. The van der Waals surface area contributed by atoms with Crippen LogP contribution in [0.25, 0.3) is 0 Å². The molecule has 1 aromatic rings. The molecule has 1 rings (SSSR count). The second-order valence-corrected chi connectivity index (χ2v) is 4.27. The summed E-state index contributed by atoms with van der Waals surface area (Å²) in [6.07, 6.45) is 2.99. The molecule has 1 unspecified atom stereocenters. The topological polar surface area (TPSA) is 46.2 Å². The molecule has 0 bridgehead atoms. The number of benzene rings is 1. The van der Waals surface area contributed by atoms with E-state index >= 15 is 0 Å². The van der Waals surface area contributed by atoms with E-state index in [0.717, 1.165) is 6.08 Å². The summed E-state index contributed by atoms with van der Waals surface area (Å²) in [5.74, 6) is -0.982. The van der Waals surface area contributed by atoms with Crippen molar-refractivity contribution in [1.29, 1.82) is 0 Å². The lowest BCUT2D eigenvalue weighted by atomic mass is 9.94. The molecule has 0 spiro atoms. The number of allylic oxidation sites excluding steroid dienone is 3. The Hall–Kier alpha value is -1.78. The average Bonchev–Trinajstić information content (AvgIpc) is 2.46. The summed E-state index contributed by atoms with van der Waals surface area (Å²) < 4.78 is 27.1. The van der Waals surface area contributed by atoms with E-state index in [1.165, 1.54) is 18.2 Å². The summed E-state index contributed by atoms with van der Waals surface area (Å²) in [6, 6.07) is 4.44. The van der Waals surface area contributed by atoms with Crippen LogP contribution in [0.3, 0.4) is 0 Å². The van der Waals surface area contributed by atoms with E-state index < -0.39 is 17.7 Å². The fourth-order valence-corrected chi connectivity index (χ4v) is 1.96. The van der Waals surface area contributed by atoms with Gasteiger partial charge in [0, 0.05) is 0 Å². The average molecular weight is 279 g/mol. The minimum atomic E-state index is -1.11. The first-order valence-corrected chi connectivity index (χ1v) is 6.36. The van der Waals surface area contributed by atoms with Crippen LogP contribution in [-0.4, -0.2) is 11.7 Å². The summed E-state index contributed by atoms with van der Waals surface area (Å²) in [4.78, 5) is 0. The Kier molecular flexibility index (Phi) is 6.28. The molecule has 4 heteroatoms. The number of hydrogen-bond donors (Lipinski definition) is 2. The van der Waals surface area contributed by atoms with E-state index in [2.05, 4.69) is 6.58 Å². The summed E-state index contributed by atoms with van der Waals surface area (Å²) in [5, 5.41) is 10.3. The molecule has 3 N–H and O–H groups in total. The first-order valence-electron chi connectivity index (χ1n) is 6.36. The highest BCUT2D eigenvalue weighted by molar-refractivity contribution is 5.39. The SMILES string of the molecule is C=C/C(F)=C\C(=C/C)C(O)c1cccc(F)c1CCN. The van der Waals surface area contributed by atoms with Crippen molar-refractivity contribution in [3.8, 4) is 0 Å². The molecule has 0 fully saturated rings. The molecular weight excluding hydrogens is 260 g/mol. The largest absolute Gasteiger partial charge is 0.384 e. The maximum absolute atomic E-state index is 13.8. The Labute approximate surface area is 117 Å². The highest BCUT2D eigenvalue weighted by atomic mass is 19.1. The smallest absolute Gasteiger partial charge is 0.126 e. The predicted octanol–water partition coefficient (Wildman–Crippen LogP) is 3.35.